The molecule has 0 bridgehead atoms. The van der Waals surface area contributed by atoms with Crippen LogP contribution in [-0.4, -0.2) is 49.2 Å². The second-order valence-electron chi connectivity index (χ2n) is 5.05. The number of hydrogen-bond donors (Lipinski definition) is 2. The van der Waals surface area contributed by atoms with E-state index >= 15 is 0 Å². The van der Waals surface area contributed by atoms with Crippen molar-refractivity contribution in [3.8, 4) is 0 Å². The highest BCUT2D eigenvalue weighted by Crippen LogP contribution is 2.19. The number of para-hydroxylation sites is 1. The van der Waals surface area contributed by atoms with E-state index in [0.717, 1.165) is 6.42 Å². The summed E-state index contributed by atoms with van der Waals surface area (Å²) in [6.45, 7) is 1.08. The van der Waals surface area contributed by atoms with Gasteiger partial charge in [-0.3, -0.25) is 4.79 Å². The molecule has 0 radical (unpaired) electrons. The topological polar surface area (TPSA) is 102 Å². The Labute approximate surface area is 145 Å². The van der Waals surface area contributed by atoms with Crippen LogP contribution >= 0.6 is 0 Å². The molecule has 0 unspecified atom stereocenters. The van der Waals surface area contributed by atoms with Crippen LogP contribution in [0.25, 0.3) is 0 Å². The molecule has 2 N–H and O–H groups in total. The highest BCUT2D eigenvalue weighted by Gasteiger charge is 2.12. The van der Waals surface area contributed by atoms with E-state index in [2.05, 4.69) is 20.6 Å². The zero-order valence-corrected chi connectivity index (χ0v) is 14.1. The Bertz CT molecular complexity index is 719. The summed E-state index contributed by atoms with van der Waals surface area (Å²) in [5.41, 5.74) is 1.14. The predicted molar refractivity (Wildman–Crippen MR) is 91.9 cm³/mol. The summed E-state index contributed by atoms with van der Waals surface area (Å²) in [7, 11) is 2.93. The lowest BCUT2D eigenvalue weighted by Crippen LogP contribution is -2.26. The monoisotopic (exact) mass is 344 g/mol. The molecule has 25 heavy (non-hydrogen) atoms. The number of esters is 1. The summed E-state index contributed by atoms with van der Waals surface area (Å²) in [4.78, 5) is 31.9. The standard InChI is InChI=1S/C17H20N4O4/c1-24-9-5-8-18-16(22)14-10-20-15(11-19-14)21-13-7-4-3-6-12(13)17(23)25-2/h3-4,6-7,10-11H,5,8-9H2,1-2H3,(H,18,22)(H,20,21). The largest absolute Gasteiger partial charge is 0.465 e. The Morgan fingerprint density at radius 1 is 1.12 bits per heavy atom. The highest BCUT2D eigenvalue weighted by molar-refractivity contribution is 5.96. The number of aromatic nitrogens is 2. The maximum atomic E-state index is 11.9. The number of benzene rings is 1. The molecular weight excluding hydrogens is 324 g/mol. The normalized spacial score (nSPS) is 10.2. The number of nitrogens with one attached hydrogen (secondary N) is 2. The van der Waals surface area contributed by atoms with Crippen LogP contribution in [-0.2, 0) is 9.47 Å². The number of carbonyl (C=O) groups is 2. The van der Waals surface area contributed by atoms with E-state index in [0.29, 0.717) is 30.2 Å². The first-order valence-corrected chi connectivity index (χ1v) is 7.69. The van der Waals surface area contributed by atoms with Gasteiger partial charge in [0.2, 0.25) is 0 Å². The molecule has 0 aliphatic rings. The first-order valence-electron chi connectivity index (χ1n) is 7.69. The fourth-order valence-corrected chi connectivity index (χ4v) is 2.04. The van der Waals surface area contributed by atoms with Crippen LogP contribution in [0, 0.1) is 0 Å². The zero-order chi connectivity index (χ0) is 18.1. The van der Waals surface area contributed by atoms with Gasteiger partial charge in [0.25, 0.3) is 5.91 Å². The molecule has 8 nitrogen and oxygen atoms in total. The lowest BCUT2D eigenvalue weighted by molar-refractivity contribution is 0.0601. The SMILES string of the molecule is COCCCNC(=O)c1cnc(Nc2ccccc2C(=O)OC)cn1. The van der Waals surface area contributed by atoms with Gasteiger partial charge in [0, 0.05) is 20.3 Å². The van der Waals surface area contributed by atoms with Gasteiger partial charge in [0.1, 0.15) is 11.5 Å². The molecule has 2 rings (SSSR count). The van der Waals surface area contributed by atoms with Crippen molar-refractivity contribution in [2.45, 2.75) is 6.42 Å². The minimum Gasteiger partial charge on any atom is -0.465 e. The second kappa shape index (κ2) is 9.33. The summed E-state index contributed by atoms with van der Waals surface area (Å²) in [5, 5.41) is 5.72. The van der Waals surface area contributed by atoms with E-state index in [1.807, 2.05) is 0 Å². The van der Waals surface area contributed by atoms with Gasteiger partial charge in [0.05, 0.1) is 30.8 Å². The molecule has 0 fully saturated rings. The summed E-state index contributed by atoms with van der Waals surface area (Å²) >= 11 is 0. The Kier molecular flexibility index (Phi) is 6.85. The molecule has 1 aromatic heterocycles. The van der Waals surface area contributed by atoms with Gasteiger partial charge >= 0.3 is 5.97 Å². The van der Waals surface area contributed by atoms with Crippen LogP contribution in [0.3, 0.4) is 0 Å². The quantitative estimate of drug-likeness (QED) is 0.556. The van der Waals surface area contributed by atoms with E-state index in [-0.39, 0.29) is 11.6 Å². The Hall–Kier alpha value is -3.00. The van der Waals surface area contributed by atoms with Crippen molar-refractivity contribution in [1.29, 1.82) is 0 Å². The van der Waals surface area contributed by atoms with Crippen LogP contribution in [0.5, 0.6) is 0 Å². The molecule has 0 saturated heterocycles. The number of carbonyl (C=O) groups excluding carboxylic acids is 2. The average Bonchev–Trinajstić information content (AvgIpc) is 2.65. The van der Waals surface area contributed by atoms with Crippen LogP contribution in [0.1, 0.15) is 27.3 Å². The third-order valence-corrected chi connectivity index (χ3v) is 3.29. The molecule has 0 spiro atoms. The molecule has 0 aliphatic heterocycles. The molecule has 1 heterocycles. The number of nitrogens with zero attached hydrogens (tertiary/aromatic N) is 2. The van der Waals surface area contributed by atoms with Gasteiger partial charge in [-0.25, -0.2) is 14.8 Å². The fourth-order valence-electron chi connectivity index (χ4n) is 2.04. The van der Waals surface area contributed by atoms with Crippen molar-refractivity contribution in [2.75, 3.05) is 32.7 Å². The molecule has 0 atom stereocenters. The number of amides is 1. The number of anilines is 2. The summed E-state index contributed by atoms with van der Waals surface area (Å²) < 4.78 is 9.66. The fraction of sp³-hybridized carbons (Fsp3) is 0.294. The number of rotatable bonds is 8. The maximum absolute atomic E-state index is 11.9. The van der Waals surface area contributed by atoms with Crippen molar-refractivity contribution in [3.63, 3.8) is 0 Å². The van der Waals surface area contributed by atoms with Crippen LogP contribution in [0.2, 0.25) is 0 Å². The van der Waals surface area contributed by atoms with Crippen LogP contribution < -0.4 is 10.6 Å². The van der Waals surface area contributed by atoms with E-state index in [9.17, 15) is 9.59 Å². The average molecular weight is 344 g/mol. The van der Waals surface area contributed by atoms with E-state index in [4.69, 9.17) is 9.47 Å². The van der Waals surface area contributed by atoms with Crippen molar-refractivity contribution in [3.05, 3.63) is 47.9 Å². The summed E-state index contributed by atoms with van der Waals surface area (Å²) in [5.74, 6) is -0.347. The van der Waals surface area contributed by atoms with Gasteiger partial charge in [0.15, 0.2) is 0 Å². The van der Waals surface area contributed by atoms with Gasteiger partial charge in [-0.15, -0.1) is 0 Å². The Morgan fingerprint density at radius 3 is 2.60 bits per heavy atom. The van der Waals surface area contributed by atoms with Crippen LogP contribution in [0.15, 0.2) is 36.7 Å². The van der Waals surface area contributed by atoms with E-state index in [1.54, 1.807) is 31.4 Å². The molecule has 1 amide bonds. The van der Waals surface area contributed by atoms with E-state index in [1.165, 1.54) is 19.5 Å². The number of hydrogen-bond acceptors (Lipinski definition) is 7. The van der Waals surface area contributed by atoms with Gasteiger partial charge in [-0.2, -0.15) is 0 Å². The minimum atomic E-state index is -0.455. The molecule has 1 aromatic carbocycles. The minimum absolute atomic E-state index is 0.212. The van der Waals surface area contributed by atoms with Gasteiger partial charge < -0.3 is 20.1 Å². The van der Waals surface area contributed by atoms with Crippen molar-refractivity contribution in [1.82, 2.24) is 15.3 Å². The zero-order valence-electron chi connectivity index (χ0n) is 14.1. The molecular formula is C17H20N4O4. The highest BCUT2D eigenvalue weighted by atomic mass is 16.5. The van der Waals surface area contributed by atoms with Gasteiger partial charge in [-0.1, -0.05) is 12.1 Å². The molecule has 132 valence electrons. The first kappa shape index (κ1) is 18.3. The molecule has 0 saturated carbocycles. The Balaban J connectivity index is 2.01. The molecule has 2 aromatic rings. The first-order chi connectivity index (χ1) is 12.2. The molecule has 0 aliphatic carbocycles. The summed E-state index contributed by atoms with van der Waals surface area (Å²) in [6.07, 6.45) is 3.52. The van der Waals surface area contributed by atoms with Crippen molar-refractivity contribution < 1.29 is 19.1 Å². The summed E-state index contributed by atoms with van der Waals surface area (Å²) in [6, 6.07) is 6.89. The number of ether oxygens (including phenoxy) is 2. The van der Waals surface area contributed by atoms with E-state index < -0.39 is 5.97 Å². The third-order valence-electron chi connectivity index (χ3n) is 3.29. The van der Waals surface area contributed by atoms with Crippen molar-refractivity contribution in [2.24, 2.45) is 0 Å². The van der Waals surface area contributed by atoms with Gasteiger partial charge in [-0.05, 0) is 18.6 Å². The number of methoxy groups -OCH3 is 2. The lowest BCUT2D eigenvalue weighted by atomic mass is 10.2. The molecule has 8 heteroatoms. The predicted octanol–water partition coefficient (Wildman–Crippen LogP) is 1.77. The van der Waals surface area contributed by atoms with Crippen LogP contribution in [0.4, 0.5) is 11.5 Å². The maximum Gasteiger partial charge on any atom is 0.339 e. The lowest BCUT2D eigenvalue weighted by Gasteiger charge is -2.10. The van der Waals surface area contributed by atoms with Crippen molar-refractivity contribution >= 4 is 23.4 Å². The Morgan fingerprint density at radius 2 is 1.92 bits per heavy atom. The smallest absolute Gasteiger partial charge is 0.339 e. The second-order valence-corrected chi connectivity index (χ2v) is 5.05. The third kappa shape index (κ3) is 5.25.